The smallest absolute Gasteiger partial charge is 0.277 e. The molecule has 0 unspecified atom stereocenters. The predicted octanol–water partition coefficient (Wildman–Crippen LogP) is 0.928. The fraction of sp³-hybridized carbons (Fsp3) is 0.100. The van der Waals surface area contributed by atoms with E-state index in [0.29, 0.717) is 0 Å². The van der Waals surface area contributed by atoms with E-state index in [-0.39, 0.29) is 11.4 Å². The van der Waals surface area contributed by atoms with Crippen molar-refractivity contribution in [2.24, 2.45) is 7.05 Å². The summed E-state index contributed by atoms with van der Waals surface area (Å²) in [5.74, 6) is -3.04. The SMILES string of the molecule is Cn1cc(C(=O)Nc2c(N)ccc(F)c2F)nn1. The molecule has 0 radical (unpaired) electrons. The molecule has 0 aliphatic heterocycles. The van der Waals surface area contributed by atoms with Crippen LogP contribution in [0.5, 0.6) is 0 Å². The molecule has 1 amide bonds. The molecule has 2 rings (SSSR count). The van der Waals surface area contributed by atoms with Crippen molar-refractivity contribution < 1.29 is 13.6 Å². The van der Waals surface area contributed by atoms with Gasteiger partial charge < -0.3 is 11.1 Å². The quantitative estimate of drug-likeness (QED) is 0.779. The molecule has 8 heteroatoms. The number of hydrogen-bond donors (Lipinski definition) is 2. The molecule has 0 saturated heterocycles. The Balaban J connectivity index is 2.30. The van der Waals surface area contributed by atoms with E-state index in [1.807, 2.05) is 0 Å². The number of nitrogens with zero attached hydrogens (tertiary/aromatic N) is 3. The van der Waals surface area contributed by atoms with Crippen molar-refractivity contribution in [1.29, 1.82) is 0 Å². The highest BCUT2D eigenvalue weighted by Crippen LogP contribution is 2.24. The van der Waals surface area contributed by atoms with E-state index in [1.165, 1.54) is 10.9 Å². The molecule has 0 aliphatic rings. The minimum absolute atomic E-state index is 0.0273. The van der Waals surface area contributed by atoms with Gasteiger partial charge in [-0.05, 0) is 12.1 Å². The third-order valence-electron chi connectivity index (χ3n) is 2.20. The van der Waals surface area contributed by atoms with Crippen molar-refractivity contribution in [2.75, 3.05) is 11.1 Å². The summed E-state index contributed by atoms with van der Waals surface area (Å²) in [6, 6.07) is 2.04. The fourth-order valence-corrected chi connectivity index (χ4v) is 1.32. The number of hydrogen-bond acceptors (Lipinski definition) is 4. The Morgan fingerprint density at radius 1 is 1.44 bits per heavy atom. The molecule has 1 aromatic heterocycles. The van der Waals surface area contributed by atoms with Crippen molar-refractivity contribution in [3.8, 4) is 0 Å². The van der Waals surface area contributed by atoms with E-state index in [9.17, 15) is 13.6 Å². The number of carbonyl (C=O) groups excluding carboxylic acids is 1. The summed E-state index contributed by atoms with van der Waals surface area (Å²) >= 11 is 0. The number of halogens is 2. The Morgan fingerprint density at radius 2 is 2.17 bits per heavy atom. The normalized spacial score (nSPS) is 10.4. The van der Waals surface area contributed by atoms with Gasteiger partial charge in [-0.25, -0.2) is 8.78 Å². The lowest BCUT2D eigenvalue weighted by molar-refractivity contribution is 0.102. The van der Waals surface area contributed by atoms with Crippen LogP contribution in [0.1, 0.15) is 10.5 Å². The lowest BCUT2D eigenvalue weighted by Crippen LogP contribution is -2.15. The highest BCUT2D eigenvalue weighted by Gasteiger charge is 2.17. The number of aryl methyl sites for hydroxylation is 1. The van der Waals surface area contributed by atoms with Gasteiger partial charge in [-0.2, -0.15) is 0 Å². The van der Waals surface area contributed by atoms with Crippen LogP contribution >= 0.6 is 0 Å². The molecule has 2 aromatic rings. The molecule has 1 aromatic carbocycles. The van der Waals surface area contributed by atoms with Crippen LogP contribution in [0, 0.1) is 11.6 Å². The number of carbonyl (C=O) groups is 1. The lowest BCUT2D eigenvalue weighted by Gasteiger charge is -2.08. The second-order valence-electron chi connectivity index (χ2n) is 3.56. The molecular weight excluding hydrogens is 244 g/mol. The van der Waals surface area contributed by atoms with Gasteiger partial charge in [0.25, 0.3) is 5.91 Å². The number of nitrogens with one attached hydrogen (secondary N) is 1. The Morgan fingerprint density at radius 3 is 2.78 bits per heavy atom. The molecule has 1 heterocycles. The zero-order valence-electron chi connectivity index (χ0n) is 9.32. The van der Waals surface area contributed by atoms with E-state index >= 15 is 0 Å². The maximum Gasteiger partial charge on any atom is 0.277 e. The molecule has 0 bridgehead atoms. The third-order valence-corrected chi connectivity index (χ3v) is 2.20. The molecule has 3 N–H and O–H groups in total. The molecule has 18 heavy (non-hydrogen) atoms. The summed E-state index contributed by atoms with van der Waals surface area (Å²) in [6.07, 6.45) is 1.34. The molecule has 0 aliphatic carbocycles. The lowest BCUT2D eigenvalue weighted by atomic mass is 10.2. The van der Waals surface area contributed by atoms with E-state index < -0.39 is 23.2 Å². The third kappa shape index (κ3) is 2.12. The van der Waals surface area contributed by atoms with E-state index in [1.54, 1.807) is 7.05 Å². The van der Waals surface area contributed by atoms with Crippen LogP contribution in [0.15, 0.2) is 18.3 Å². The molecule has 6 nitrogen and oxygen atoms in total. The summed E-state index contributed by atoms with van der Waals surface area (Å²) in [6.45, 7) is 0. The van der Waals surface area contributed by atoms with E-state index in [4.69, 9.17) is 5.73 Å². The maximum absolute atomic E-state index is 13.4. The summed E-state index contributed by atoms with van der Waals surface area (Å²) < 4.78 is 27.7. The van der Waals surface area contributed by atoms with Gasteiger partial charge in [0.05, 0.1) is 11.9 Å². The van der Waals surface area contributed by atoms with Crippen molar-refractivity contribution in [3.05, 3.63) is 35.7 Å². The first-order valence-corrected chi connectivity index (χ1v) is 4.90. The number of nitrogens with two attached hydrogens (primary N) is 1. The van der Waals surface area contributed by atoms with Crippen LogP contribution < -0.4 is 11.1 Å². The summed E-state index contributed by atoms with van der Waals surface area (Å²) in [5, 5.41) is 9.24. The average molecular weight is 253 g/mol. The minimum atomic E-state index is -1.22. The Labute approximate surface area is 100 Å². The van der Waals surface area contributed by atoms with E-state index in [2.05, 4.69) is 15.6 Å². The second kappa shape index (κ2) is 4.40. The van der Waals surface area contributed by atoms with Gasteiger partial charge >= 0.3 is 0 Å². The zero-order valence-corrected chi connectivity index (χ0v) is 9.32. The molecule has 0 spiro atoms. The molecule has 94 valence electrons. The Kier molecular flexibility index (Phi) is 2.92. The highest BCUT2D eigenvalue weighted by molar-refractivity contribution is 6.04. The van der Waals surface area contributed by atoms with Gasteiger partial charge in [0.2, 0.25) is 0 Å². The number of benzene rings is 1. The maximum atomic E-state index is 13.4. The van der Waals surface area contributed by atoms with Gasteiger partial charge in [-0.15, -0.1) is 5.10 Å². The van der Waals surface area contributed by atoms with Gasteiger partial charge in [0.15, 0.2) is 17.3 Å². The number of aromatic nitrogens is 3. The fourth-order valence-electron chi connectivity index (χ4n) is 1.32. The van der Waals surface area contributed by atoms with Crippen molar-refractivity contribution in [3.63, 3.8) is 0 Å². The number of nitrogen functional groups attached to an aromatic ring is 1. The summed E-state index contributed by atoms with van der Waals surface area (Å²) in [4.78, 5) is 11.7. The van der Waals surface area contributed by atoms with Gasteiger partial charge in [-0.1, -0.05) is 5.21 Å². The van der Waals surface area contributed by atoms with Crippen molar-refractivity contribution in [1.82, 2.24) is 15.0 Å². The van der Waals surface area contributed by atoms with Crippen LogP contribution in [0.2, 0.25) is 0 Å². The molecule has 0 fully saturated rings. The number of amides is 1. The van der Waals surface area contributed by atoms with Crippen LogP contribution in [-0.2, 0) is 7.05 Å². The standard InChI is InChI=1S/C10H9F2N5O/c1-17-4-7(15-16-17)10(18)14-9-6(13)3-2-5(11)8(9)12/h2-4H,13H2,1H3,(H,14,18). The average Bonchev–Trinajstić information content (AvgIpc) is 2.76. The van der Waals surface area contributed by atoms with Crippen LogP contribution in [-0.4, -0.2) is 20.9 Å². The number of rotatable bonds is 2. The monoisotopic (exact) mass is 253 g/mol. The second-order valence-corrected chi connectivity index (χ2v) is 3.56. The molecular formula is C10H9F2N5O. The van der Waals surface area contributed by atoms with Crippen LogP contribution in [0.25, 0.3) is 0 Å². The summed E-state index contributed by atoms with van der Waals surface area (Å²) in [5.41, 5.74) is 4.94. The van der Waals surface area contributed by atoms with Gasteiger partial charge in [0, 0.05) is 7.05 Å². The number of anilines is 2. The Bertz CT molecular complexity index is 610. The Hall–Kier alpha value is -2.51. The topological polar surface area (TPSA) is 85.8 Å². The van der Waals surface area contributed by atoms with E-state index in [0.717, 1.165) is 12.1 Å². The first-order chi connectivity index (χ1) is 8.49. The van der Waals surface area contributed by atoms with Crippen molar-refractivity contribution in [2.45, 2.75) is 0 Å². The van der Waals surface area contributed by atoms with Gasteiger partial charge in [-0.3, -0.25) is 9.48 Å². The molecule has 0 saturated carbocycles. The zero-order chi connectivity index (χ0) is 13.3. The minimum Gasteiger partial charge on any atom is -0.397 e. The van der Waals surface area contributed by atoms with Crippen molar-refractivity contribution >= 4 is 17.3 Å². The van der Waals surface area contributed by atoms with Gasteiger partial charge in [0.1, 0.15) is 5.69 Å². The molecule has 0 atom stereocenters. The summed E-state index contributed by atoms with van der Waals surface area (Å²) in [7, 11) is 1.57. The predicted molar refractivity (Wildman–Crippen MR) is 59.7 cm³/mol. The highest BCUT2D eigenvalue weighted by atomic mass is 19.2. The first kappa shape index (κ1) is 12.0. The largest absolute Gasteiger partial charge is 0.397 e. The first-order valence-electron chi connectivity index (χ1n) is 4.90. The van der Waals surface area contributed by atoms with Crippen LogP contribution in [0.4, 0.5) is 20.2 Å². The van der Waals surface area contributed by atoms with Crippen LogP contribution in [0.3, 0.4) is 0 Å².